The quantitative estimate of drug-likeness (QED) is 0.539. The largest absolute Gasteiger partial charge is 0.0654 e. The van der Waals surface area contributed by atoms with Gasteiger partial charge in [-0.25, -0.2) is 0 Å². The summed E-state index contributed by atoms with van der Waals surface area (Å²) in [5, 5.41) is 0. The molecule has 0 amide bonds. The third-order valence-corrected chi connectivity index (χ3v) is 2.34. The fourth-order valence-corrected chi connectivity index (χ4v) is 1.97. The van der Waals surface area contributed by atoms with Crippen LogP contribution >= 0.6 is 0 Å². The second-order valence-corrected chi connectivity index (χ2v) is 3.75. The van der Waals surface area contributed by atoms with Crippen molar-refractivity contribution >= 4 is 0 Å². The lowest BCUT2D eigenvalue weighted by Gasteiger charge is -2.28. The molecule has 0 aromatic carbocycles. The molecule has 0 fully saturated rings. The molecule has 0 aromatic heterocycles. The Balaban J connectivity index is 3.79. The summed E-state index contributed by atoms with van der Waals surface area (Å²) >= 11 is 0. The lowest BCUT2D eigenvalue weighted by Crippen LogP contribution is -2.15. The Hall–Kier alpha value is 0. The van der Waals surface area contributed by atoms with E-state index in [1.54, 1.807) is 0 Å². The Labute approximate surface area is 72.4 Å². The predicted octanol–water partition coefficient (Wildman–Crippen LogP) is 4.21. The first kappa shape index (κ1) is 11.0. The van der Waals surface area contributed by atoms with Crippen molar-refractivity contribution in [2.45, 2.75) is 59.3 Å². The smallest absolute Gasteiger partial charge is 0.0298 e. The van der Waals surface area contributed by atoms with Crippen LogP contribution in [0.2, 0.25) is 0 Å². The molecule has 0 N–H and O–H groups in total. The van der Waals surface area contributed by atoms with E-state index in [2.05, 4.69) is 27.7 Å². The maximum Gasteiger partial charge on any atom is -0.0298 e. The van der Waals surface area contributed by atoms with Gasteiger partial charge < -0.3 is 0 Å². The minimum atomic E-state index is 0.401. The van der Waals surface area contributed by atoms with Crippen LogP contribution in [-0.4, -0.2) is 0 Å². The summed E-state index contributed by atoms with van der Waals surface area (Å²) in [6.07, 6.45) is 7.74. The number of hydrogen-bond donors (Lipinski definition) is 0. The van der Waals surface area contributed by atoms with Crippen LogP contribution < -0.4 is 0 Å². The molecule has 11 heavy (non-hydrogen) atoms. The highest BCUT2D eigenvalue weighted by molar-refractivity contribution is 4.80. The lowest BCUT2D eigenvalue weighted by atomic mass is 9.78. The first-order valence-corrected chi connectivity index (χ1v) is 5.04. The number of rotatable bonds is 6. The van der Waals surface area contributed by atoms with E-state index in [-0.39, 0.29) is 0 Å². The fraction of sp³-hybridized carbons (Fsp3) is 0.909. The van der Waals surface area contributed by atoms with Gasteiger partial charge in [0.25, 0.3) is 0 Å². The summed E-state index contributed by atoms with van der Waals surface area (Å²) < 4.78 is 0. The molecule has 0 saturated carbocycles. The first-order valence-electron chi connectivity index (χ1n) is 5.04. The van der Waals surface area contributed by atoms with Crippen molar-refractivity contribution in [3.63, 3.8) is 0 Å². The van der Waals surface area contributed by atoms with Gasteiger partial charge in [0, 0.05) is 0 Å². The van der Waals surface area contributed by atoms with Crippen molar-refractivity contribution < 1.29 is 0 Å². The molecule has 0 heteroatoms. The molecule has 0 rings (SSSR count). The van der Waals surface area contributed by atoms with Gasteiger partial charge in [0.05, 0.1) is 0 Å². The summed E-state index contributed by atoms with van der Waals surface area (Å²) in [6.45, 7) is 11.1. The van der Waals surface area contributed by atoms with Crippen LogP contribution in [0.4, 0.5) is 0 Å². The topological polar surface area (TPSA) is 0 Å². The summed E-state index contributed by atoms with van der Waals surface area (Å²) in [5.41, 5.74) is 0.401. The summed E-state index contributed by atoms with van der Waals surface area (Å²) in [4.78, 5) is 0. The van der Waals surface area contributed by atoms with Crippen LogP contribution in [-0.2, 0) is 0 Å². The molecule has 0 nitrogen and oxygen atoms in total. The molecule has 67 valence electrons. The third kappa shape index (κ3) is 4.44. The zero-order valence-electron chi connectivity index (χ0n) is 8.45. The van der Waals surface area contributed by atoms with Crippen LogP contribution in [0.25, 0.3) is 0 Å². The Morgan fingerprint density at radius 1 is 0.818 bits per heavy atom. The number of hydrogen-bond acceptors (Lipinski definition) is 0. The summed E-state index contributed by atoms with van der Waals surface area (Å²) in [7, 11) is 0. The van der Waals surface area contributed by atoms with E-state index in [1.165, 1.54) is 38.5 Å². The van der Waals surface area contributed by atoms with E-state index < -0.39 is 0 Å². The highest BCUT2D eigenvalue weighted by atomic mass is 14.3. The highest BCUT2D eigenvalue weighted by Gasteiger charge is 2.20. The predicted molar refractivity (Wildman–Crippen MR) is 52.5 cm³/mol. The van der Waals surface area contributed by atoms with Gasteiger partial charge in [-0.3, -0.25) is 0 Å². The van der Waals surface area contributed by atoms with Crippen molar-refractivity contribution in [2.24, 2.45) is 5.41 Å². The highest BCUT2D eigenvalue weighted by Crippen LogP contribution is 2.33. The van der Waals surface area contributed by atoms with Gasteiger partial charge in [-0.15, -0.1) is 0 Å². The molecule has 0 aromatic rings. The van der Waals surface area contributed by atoms with Crippen molar-refractivity contribution in [2.75, 3.05) is 0 Å². The summed E-state index contributed by atoms with van der Waals surface area (Å²) in [5.74, 6) is 0. The standard InChI is InChI=1S/C11H23/c1-5-8-11(4,9-6-2)10-7-3/h4-10H2,1-3H3. The molecule has 0 unspecified atom stereocenters. The van der Waals surface area contributed by atoms with Gasteiger partial charge in [0.1, 0.15) is 0 Å². The molecule has 1 radical (unpaired) electrons. The molecule has 0 heterocycles. The second kappa shape index (κ2) is 5.62. The van der Waals surface area contributed by atoms with Crippen molar-refractivity contribution in [1.29, 1.82) is 0 Å². The molecule has 0 saturated heterocycles. The van der Waals surface area contributed by atoms with Crippen LogP contribution in [0.15, 0.2) is 0 Å². The van der Waals surface area contributed by atoms with E-state index in [4.69, 9.17) is 0 Å². The average molecular weight is 155 g/mol. The lowest BCUT2D eigenvalue weighted by molar-refractivity contribution is 0.284. The van der Waals surface area contributed by atoms with Crippen molar-refractivity contribution in [1.82, 2.24) is 0 Å². The fourth-order valence-electron chi connectivity index (χ4n) is 1.97. The Morgan fingerprint density at radius 3 is 1.27 bits per heavy atom. The van der Waals surface area contributed by atoms with Gasteiger partial charge in [0.2, 0.25) is 0 Å². The molecule has 0 spiro atoms. The SMILES string of the molecule is [CH2]C(CCC)(CCC)CCC. The molecule has 0 aliphatic heterocycles. The second-order valence-electron chi connectivity index (χ2n) is 3.75. The van der Waals surface area contributed by atoms with E-state index >= 15 is 0 Å². The van der Waals surface area contributed by atoms with E-state index in [9.17, 15) is 0 Å². The average Bonchev–Trinajstić information content (AvgIpc) is 1.88. The minimum Gasteiger partial charge on any atom is -0.0654 e. The molecular weight excluding hydrogens is 132 g/mol. The Bertz CT molecular complexity index is 67.0. The first-order chi connectivity index (χ1) is 5.18. The molecular formula is C11H23. The molecule has 0 aliphatic rings. The van der Waals surface area contributed by atoms with Gasteiger partial charge in [0.15, 0.2) is 0 Å². The molecule has 0 aliphatic carbocycles. The minimum absolute atomic E-state index is 0.401. The zero-order chi connectivity index (χ0) is 8.74. The Kier molecular flexibility index (Phi) is 5.62. The van der Waals surface area contributed by atoms with Gasteiger partial charge in [-0.2, -0.15) is 0 Å². The van der Waals surface area contributed by atoms with Gasteiger partial charge in [-0.05, 0) is 31.6 Å². The maximum atomic E-state index is 4.34. The normalized spacial score (nSPS) is 12.0. The zero-order valence-corrected chi connectivity index (χ0v) is 8.45. The third-order valence-electron chi connectivity index (χ3n) is 2.34. The molecule has 0 bridgehead atoms. The van der Waals surface area contributed by atoms with E-state index in [0.29, 0.717) is 5.41 Å². The van der Waals surface area contributed by atoms with Gasteiger partial charge >= 0.3 is 0 Å². The van der Waals surface area contributed by atoms with Crippen LogP contribution in [0.3, 0.4) is 0 Å². The maximum absolute atomic E-state index is 4.34. The van der Waals surface area contributed by atoms with E-state index in [1.807, 2.05) is 0 Å². The van der Waals surface area contributed by atoms with E-state index in [0.717, 1.165) is 0 Å². The Morgan fingerprint density at radius 2 is 1.09 bits per heavy atom. The van der Waals surface area contributed by atoms with Crippen molar-refractivity contribution in [3.8, 4) is 0 Å². The monoisotopic (exact) mass is 155 g/mol. The summed E-state index contributed by atoms with van der Waals surface area (Å²) in [6, 6.07) is 0. The van der Waals surface area contributed by atoms with Crippen LogP contribution in [0, 0.1) is 12.3 Å². The van der Waals surface area contributed by atoms with Crippen LogP contribution in [0.5, 0.6) is 0 Å². The van der Waals surface area contributed by atoms with Gasteiger partial charge in [-0.1, -0.05) is 40.0 Å². The molecule has 0 atom stereocenters. The van der Waals surface area contributed by atoms with Crippen LogP contribution in [0.1, 0.15) is 59.3 Å². The van der Waals surface area contributed by atoms with Crippen molar-refractivity contribution in [3.05, 3.63) is 6.92 Å².